The summed E-state index contributed by atoms with van der Waals surface area (Å²) < 4.78 is 5.15. The fraction of sp³-hybridized carbons (Fsp3) is 0.222. The van der Waals surface area contributed by atoms with E-state index in [1.165, 1.54) is 0 Å². The molecular weight excluding hydrogens is 170 g/mol. The third-order valence-electron chi connectivity index (χ3n) is 2.13. The van der Waals surface area contributed by atoms with Crippen LogP contribution in [0.2, 0.25) is 0 Å². The summed E-state index contributed by atoms with van der Waals surface area (Å²) in [6, 6.07) is 0. The molecule has 0 radical (unpaired) electrons. The Morgan fingerprint density at radius 2 is 2.38 bits per heavy atom. The van der Waals surface area contributed by atoms with Gasteiger partial charge in [0.25, 0.3) is 0 Å². The molecule has 1 aliphatic carbocycles. The van der Waals surface area contributed by atoms with E-state index in [4.69, 9.17) is 15.6 Å². The second kappa shape index (κ2) is 2.65. The summed E-state index contributed by atoms with van der Waals surface area (Å²) in [6.07, 6.45) is 6.63. The first-order chi connectivity index (χ1) is 6.18. The van der Waals surface area contributed by atoms with Crippen molar-refractivity contribution in [2.24, 2.45) is 11.7 Å². The molecule has 2 rings (SSSR count). The number of hydrogen-bond donors (Lipinski definition) is 2. The summed E-state index contributed by atoms with van der Waals surface area (Å²) in [5.41, 5.74) is 6.32. The topological polar surface area (TPSA) is 72.5 Å². The van der Waals surface area contributed by atoms with Crippen molar-refractivity contribution in [3.8, 4) is 0 Å². The van der Waals surface area contributed by atoms with E-state index in [2.05, 4.69) is 0 Å². The lowest BCUT2D eigenvalue weighted by molar-refractivity contribution is -0.136. The third kappa shape index (κ3) is 1.20. The molecule has 0 aromatic heterocycles. The summed E-state index contributed by atoms with van der Waals surface area (Å²) in [5, 5.41) is 8.67. The van der Waals surface area contributed by atoms with E-state index in [9.17, 15) is 4.79 Å². The van der Waals surface area contributed by atoms with Gasteiger partial charge >= 0.3 is 5.97 Å². The molecule has 4 heteroatoms. The van der Waals surface area contributed by atoms with E-state index in [0.717, 1.165) is 0 Å². The molecule has 0 spiro atoms. The lowest BCUT2D eigenvalue weighted by atomic mass is 9.95. The summed E-state index contributed by atoms with van der Waals surface area (Å²) in [7, 11) is 0. The van der Waals surface area contributed by atoms with Crippen LogP contribution in [-0.4, -0.2) is 17.2 Å². The predicted octanol–water partition coefficient (Wildman–Crippen LogP) is 0.382. The number of nitrogens with two attached hydrogens (primary N) is 1. The molecule has 0 amide bonds. The zero-order valence-electron chi connectivity index (χ0n) is 6.81. The lowest BCUT2D eigenvalue weighted by Gasteiger charge is -2.18. The number of hydrogen-bond acceptors (Lipinski definition) is 3. The van der Waals surface area contributed by atoms with Crippen LogP contribution in [0.5, 0.6) is 0 Å². The Morgan fingerprint density at radius 3 is 3.00 bits per heavy atom. The fourth-order valence-corrected chi connectivity index (χ4v) is 1.47. The average molecular weight is 179 g/mol. The number of carboxylic acid groups (broad SMARTS) is 1. The van der Waals surface area contributed by atoms with Gasteiger partial charge in [0, 0.05) is 5.70 Å². The standard InChI is InChI=1S/C9H9NO3/c10-6-2-1-3-7-5(6)4-8(13-7)9(11)12/h1-5,7H,10H2,(H,11,12). The molecule has 1 heterocycles. The second-order valence-corrected chi connectivity index (χ2v) is 3.00. The lowest BCUT2D eigenvalue weighted by Crippen LogP contribution is -2.22. The zero-order chi connectivity index (χ0) is 9.42. The van der Waals surface area contributed by atoms with Gasteiger partial charge in [-0.1, -0.05) is 6.08 Å². The molecule has 2 atom stereocenters. The number of rotatable bonds is 1. The highest BCUT2D eigenvalue weighted by Crippen LogP contribution is 2.30. The normalized spacial score (nSPS) is 30.2. The van der Waals surface area contributed by atoms with Crippen molar-refractivity contribution >= 4 is 5.97 Å². The van der Waals surface area contributed by atoms with Crippen LogP contribution in [0.1, 0.15) is 0 Å². The van der Waals surface area contributed by atoms with Crippen molar-refractivity contribution in [3.63, 3.8) is 0 Å². The molecule has 2 unspecified atom stereocenters. The van der Waals surface area contributed by atoms with Crippen LogP contribution in [-0.2, 0) is 9.53 Å². The van der Waals surface area contributed by atoms with Crippen LogP contribution in [0.4, 0.5) is 0 Å². The van der Waals surface area contributed by atoms with Gasteiger partial charge in [0.05, 0.1) is 5.92 Å². The third-order valence-corrected chi connectivity index (χ3v) is 2.13. The van der Waals surface area contributed by atoms with Gasteiger partial charge in [-0.05, 0) is 18.2 Å². The van der Waals surface area contributed by atoms with E-state index >= 15 is 0 Å². The van der Waals surface area contributed by atoms with Gasteiger partial charge in [-0.25, -0.2) is 4.79 Å². The molecule has 0 bridgehead atoms. The number of ether oxygens (including phenoxy) is 1. The summed E-state index contributed by atoms with van der Waals surface area (Å²) in [4.78, 5) is 10.6. The SMILES string of the molecule is NC1=CC=CC2OC(C(=O)O)=CC12. The van der Waals surface area contributed by atoms with Crippen molar-refractivity contribution in [1.29, 1.82) is 0 Å². The van der Waals surface area contributed by atoms with Crippen LogP contribution in [0, 0.1) is 5.92 Å². The minimum absolute atomic E-state index is 0.0158. The molecule has 0 saturated carbocycles. The maximum atomic E-state index is 10.6. The van der Waals surface area contributed by atoms with Gasteiger partial charge in [0.1, 0.15) is 6.10 Å². The molecule has 0 saturated heterocycles. The average Bonchev–Trinajstić information content (AvgIpc) is 2.49. The molecule has 68 valence electrons. The van der Waals surface area contributed by atoms with Crippen LogP contribution in [0.3, 0.4) is 0 Å². The second-order valence-electron chi connectivity index (χ2n) is 3.00. The highest BCUT2D eigenvalue weighted by Gasteiger charge is 2.33. The molecular formula is C9H9NO3. The predicted molar refractivity (Wildman–Crippen MR) is 45.5 cm³/mol. The number of carboxylic acids is 1. The zero-order valence-corrected chi connectivity index (χ0v) is 6.81. The number of carbonyl (C=O) groups is 1. The fourth-order valence-electron chi connectivity index (χ4n) is 1.47. The van der Waals surface area contributed by atoms with E-state index < -0.39 is 5.97 Å². The Kier molecular flexibility index (Phi) is 1.62. The number of fused-ring (bicyclic) bond motifs is 1. The highest BCUT2D eigenvalue weighted by molar-refractivity contribution is 5.85. The smallest absolute Gasteiger partial charge is 0.370 e. The van der Waals surface area contributed by atoms with Gasteiger partial charge in [0.15, 0.2) is 0 Å². The Morgan fingerprint density at radius 1 is 1.62 bits per heavy atom. The van der Waals surface area contributed by atoms with Crippen LogP contribution < -0.4 is 5.73 Å². The largest absolute Gasteiger partial charge is 0.478 e. The van der Waals surface area contributed by atoms with E-state index in [1.54, 1.807) is 24.3 Å². The number of aliphatic carboxylic acids is 1. The summed E-state index contributed by atoms with van der Waals surface area (Å²) >= 11 is 0. The van der Waals surface area contributed by atoms with E-state index in [1.807, 2.05) is 0 Å². The molecule has 0 fully saturated rings. The van der Waals surface area contributed by atoms with Gasteiger partial charge in [-0.3, -0.25) is 0 Å². The molecule has 2 aliphatic rings. The monoisotopic (exact) mass is 179 g/mol. The first-order valence-corrected chi connectivity index (χ1v) is 3.94. The van der Waals surface area contributed by atoms with Crippen molar-refractivity contribution in [1.82, 2.24) is 0 Å². The Bertz CT molecular complexity index is 341. The summed E-state index contributed by atoms with van der Waals surface area (Å²) in [5.74, 6) is -1.18. The van der Waals surface area contributed by atoms with Gasteiger partial charge in [-0.2, -0.15) is 0 Å². The first kappa shape index (κ1) is 7.91. The van der Waals surface area contributed by atoms with Crippen molar-refractivity contribution < 1.29 is 14.6 Å². The Labute approximate surface area is 75.0 Å². The van der Waals surface area contributed by atoms with Crippen LogP contribution in [0.25, 0.3) is 0 Å². The Hall–Kier alpha value is -1.71. The van der Waals surface area contributed by atoms with Crippen LogP contribution >= 0.6 is 0 Å². The summed E-state index contributed by atoms with van der Waals surface area (Å²) in [6.45, 7) is 0. The molecule has 0 aromatic rings. The maximum Gasteiger partial charge on any atom is 0.370 e. The Balaban J connectivity index is 2.27. The highest BCUT2D eigenvalue weighted by atomic mass is 16.5. The van der Waals surface area contributed by atoms with E-state index in [-0.39, 0.29) is 17.8 Å². The van der Waals surface area contributed by atoms with Gasteiger partial charge < -0.3 is 15.6 Å². The van der Waals surface area contributed by atoms with Crippen molar-refractivity contribution in [2.75, 3.05) is 0 Å². The first-order valence-electron chi connectivity index (χ1n) is 3.94. The van der Waals surface area contributed by atoms with Gasteiger partial charge in [0.2, 0.25) is 5.76 Å². The molecule has 3 N–H and O–H groups in total. The molecule has 0 aromatic carbocycles. The molecule has 4 nitrogen and oxygen atoms in total. The van der Waals surface area contributed by atoms with Crippen molar-refractivity contribution in [3.05, 3.63) is 35.8 Å². The quantitative estimate of drug-likeness (QED) is 0.610. The van der Waals surface area contributed by atoms with Crippen LogP contribution in [0.15, 0.2) is 35.8 Å². The molecule has 13 heavy (non-hydrogen) atoms. The van der Waals surface area contributed by atoms with Crippen molar-refractivity contribution in [2.45, 2.75) is 6.10 Å². The minimum atomic E-state index is -1.05. The van der Waals surface area contributed by atoms with Gasteiger partial charge in [-0.15, -0.1) is 0 Å². The maximum absolute atomic E-state index is 10.6. The number of allylic oxidation sites excluding steroid dienone is 2. The van der Waals surface area contributed by atoms with E-state index in [0.29, 0.717) is 5.70 Å². The molecule has 1 aliphatic heterocycles. The minimum Gasteiger partial charge on any atom is -0.478 e.